The number of fused-ring (bicyclic) bond motifs is 7. The summed E-state index contributed by atoms with van der Waals surface area (Å²) in [5, 5.41) is 10.8. The van der Waals surface area contributed by atoms with Gasteiger partial charge in [-0.1, -0.05) is 54.0 Å². The molecule has 5 rings (SSSR count). The second-order valence-corrected chi connectivity index (χ2v) is 14.1. The van der Waals surface area contributed by atoms with Gasteiger partial charge in [-0.15, -0.1) is 6.58 Å². The topological polar surface area (TPSA) is 20.2 Å². The van der Waals surface area contributed by atoms with Crippen molar-refractivity contribution in [2.75, 3.05) is 0 Å². The fourth-order valence-corrected chi connectivity index (χ4v) is 10.9. The van der Waals surface area contributed by atoms with Crippen LogP contribution in [0.5, 0.6) is 0 Å². The molecule has 0 aromatic carbocycles. The number of aliphatic hydroxyl groups excluding tert-OH is 1. The number of allylic oxidation sites excluding steroid dienone is 1. The lowest BCUT2D eigenvalue weighted by Crippen LogP contribution is -2.66. The predicted molar refractivity (Wildman–Crippen MR) is 133 cm³/mol. The Morgan fingerprint density at radius 3 is 2.06 bits per heavy atom. The van der Waals surface area contributed by atoms with E-state index in [0.29, 0.717) is 27.6 Å². The molecular formula is C30H52O. The van der Waals surface area contributed by atoms with Gasteiger partial charge in [0.15, 0.2) is 0 Å². The zero-order chi connectivity index (χ0) is 22.9. The molecule has 0 radical (unpaired) electrons. The van der Waals surface area contributed by atoms with E-state index in [1.165, 1.54) is 64.2 Å². The Hall–Kier alpha value is -0.300. The van der Waals surface area contributed by atoms with Gasteiger partial charge in [0.1, 0.15) is 0 Å². The van der Waals surface area contributed by atoms with E-state index in [4.69, 9.17) is 0 Å². The molecule has 5 aliphatic rings. The molecule has 5 fully saturated rings. The molecule has 0 saturated heterocycles. The zero-order valence-electron chi connectivity index (χ0n) is 21.9. The van der Waals surface area contributed by atoms with Gasteiger partial charge in [-0.05, 0) is 122 Å². The first-order valence-corrected chi connectivity index (χ1v) is 13.7. The lowest BCUT2D eigenvalue weighted by Gasteiger charge is -2.72. The third-order valence-electron chi connectivity index (χ3n) is 12.8. The van der Waals surface area contributed by atoms with Crippen LogP contribution in [0, 0.1) is 50.7 Å². The first-order valence-electron chi connectivity index (χ1n) is 13.7. The van der Waals surface area contributed by atoms with Gasteiger partial charge in [-0.25, -0.2) is 0 Å². The first-order chi connectivity index (χ1) is 14.4. The SMILES string of the molecule is C=CC.CC1(C)C2CC[C@]3(C)C(CCC4C5CCC[C@]5(C)CCC43C)[C@@]2(C)CC[C@@H]1O. The van der Waals surface area contributed by atoms with Crippen molar-refractivity contribution in [3.05, 3.63) is 12.7 Å². The minimum absolute atomic E-state index is 0.0860. The summed E-state index contributed by atoms with van der Waals surface area (Å²) in [6.07, 6.45) is 17.1. The summed E-state index contributed by atoms with van der Waals surface area (Å²) in [6, 6.07) is 0. The second-order valence-electron chi connectivity index (χ2n) is 14.1. The Morgan fingerprint density at radius 1 is 0.710 bits per heavy atom. The van der Waals surface area contributed by atoms with Crippen LogP contribution in [0.2, 0.25) is 0 Å². The molecule has 0 aromatic heterocycles. The molecule has 1 nitrogen and oxygen atoms in total. The molecule has 0 amide bonds. The normalized spacial score (nSPS) is 54.9. The smallest absolute Gasteiger partial charge is 0.0594 e. The first kappa shape index (κ1) is 23.8. The fourth-order valence-electron chi connectivity index (χ4n) is 10.9. The van der Waals surface area contributed by atoms with Crippen LogP contribution in [0.3, 0.4) is 0 Å². The monoisotopic (exact) mass is 428 g/mol. The average Bonchev–Trinajstić information content (AvgIpc) is 3.08. The molecule has 9 atom stereocenters. The van der Waals surface area contributed by atoms with Crippen LogP contribution >= 0.6 is 0 Å². The van der Waals surface area contributed by atoms with Crippen LogP contribution in [-0.2, 0) is 0 Å². The molecule has 0 bridgehead atoms. The number of rotatable bonds is 0. The fraction of sp³-hybridized carbons (Fsp3) is 0.933. The highest BCUT2D eigenvalue weighted by Crippen LogP contribution is 2.76. The molecule has 1 N–H and O–H groups in total. The Morgan fingerprint density at radius 2 is 1.39 bits per heavy atom. The van der Waals surface area contributed by atoms with Crippen LogP contribution in [-0.4, -0.2) is 11.2 Å². The maximum Gasteiger partial charge on any atom is 0.0594 e. The average molecular weight is 429 g/mol. The van der Waals surface area contributed by atoms with E-state index in [-0.39, 0.29) is 11.5 Å². The molecule has 5 unspecified atom stereocenters. The molecule has 0 heterocycles. The second kappa shape index (κ2) is 7.61. The van der Waals surface area contributed by atoms with Crippen LogP contribution < -0.4 is 0 Å². The number of hydrogen-bond acceptors (Lipinski definition) is 1. The van der Waals surface area contributed by atoms with E-state index in [1.807, 2.05) is 6.92 Å². The summed E-state index contributed by atoms with van der Waals surface area (Å²) in [5.74, 6) is 3.52. The van der Waals surface area contributed by atoms with Gasteiger partial charge in [-0.3, -0.25) is 0 Å². The quantitative estimate of drug-likeness (QED) is 0.384. The summed E-state index contributed by atoms with van der Waals surface area (Å²) in [6.45, 7) is 20.8. The third kappa shape index (κ3) is 3.10. The van der Waals surface area contributed by atoms with E-state index in [2.05, 4.69) is 48.1 Å². The Bertz CT molecular complexity index is 695. The Labute approximate surface area is 193 Å². The van der Waals surface area contributed by atoms with E-state index < -0.39 is 0 Å². The molecule has 5 saturated carbocycles. The summed E-state index contributed by atoms with van der Waals surface area (Å²) in [4.78, 5) is 0. The lowest BCUT2D eigenvalue weighted by atomic mass is 9.32. The summed E-state index contributed by atoms with van der Waals surface area (Å²) >= 11 is 0. The summed E-state index contributed by atoms with van der Waals surface area (Å²) < 4.78 is 0. The van der Waals surface area contributed by atoms with Crippen molar-refractivity contribution in [3.63, 3.8) is 0 Å². The van der Waals surface area contributed by atoms with Crippen LogP contribution in [0.25, 0.3) is 0 Å². The Balaban J connectivity index is 0.000000730. The summed E-state index contributed by atoms with van der Waals surface area (Å²) in [5.41, 5.74) is 2.22. The predicted octanol–water partition coefficient (Wildman–Crippen LogP) is 8.41. The van der Waals surface area contributed by atoms with Gasteiger partial charge in [0.05, 0.1) is 6.10 Å². The minimum atomic E-state index is -0.101. The molecule has 0 aliphatic heterocycles. The van der Waals surface area contributed by atoms with Gasteiger partial charge in [0, 0.05) is 0 Å². The third-order valence-corrected chi connectivity index (χ3v) is 12.8. The van der Waals surface area contributed by atoms with Gasteiger partial charge in [0.2, 0.25) is 0 Å². The molecular weight excluding hydrogens is 376 g/mol. The van der Waals surface area contributed by atoms with Crippen LogP contribution in [0.1, 0.15) is 119 Å². The molecule has 5 aliphatic carbocycles. The molecule has 31 heavy (non-hydrogen) atoms. The van der Waals surface area contributed by atoms with Crippen molar-refractivity contribution >= 4 is 0 Å². The molecule has 0 aromatic rings. The highest BCUT2D eigenvalue weighted by Gasteiger charge is 2.69. The van der Waals surface area contributed by atoms with E-state index in [0.717, 1.165) is 24.2 Å². The van der Waals surface area contributed by atoms with Crippen molar-refractivity contribution in [3.8, 4) is 0 Å². The lowest BCUT2D eigenvalue weighted by molar-refractivity contribution is -0.244. The van der Waals surface area contributed by atoms with Crippen molar-refractivity contribution in [1.29, 1.82) is 0 Å². The minimum Gasteiger partial charge on any atom is -0.393 e. The van der Waals surface area contributed by atoms with Gasteiger partial charge < -0.3 is 5.11 Å². The van der Waals surface area contributed by atoms with Gasteiger partial charge >= 0.3 is 0 Å². The van der Waals surface area contributed by atoms with E-state index in [9.17, 15) is 5.11 Å². The van der Waals surface area contributed by atoms with Crippen molar-refractivity contribution in [2.45, 2.75) is 125 Å². The Kier molecular flexibility index (Phi) is 5.85. The largest absolute Gasteiger partial charge is 0.393 e. The molecule has 178 valence electrons. The summed E-state index contributed by atoms with van der Waals surface area (Å²) in [7, 11) is 0. The van der Waals surface area contributed by atoms with E-state index >= 15 is 0 Å². The highest BCUT2D eigenvalue weighted by atomic mass is 16.3. The maximum absolute atomic E-state index is 10.8. The van der Waals surface area contributed by atoms with Gasteiger partial charge in [-0.2, -0.15) is 0 Å². The standard InChI is InChI=1S/C27H46O.C3H6/c1-23(2)20-11-15-27(6)21(25(20,4)14-12-22(23)28)10-9-19-18-8-7-13-24(18,3)16-17-26(19,27)5;1-3-2/h18-22,28H,7-17H2,1-6H3;3H,1H2,2H3/t18?,19?,20?,21?,22-,24+,25-,26?,27+;/m0./s1. The van der Waals surface area contributed by atoms with E-state index in [1.54, 1.807) is 6.08 Å². The molecule has 1 heteroatoms. The van der Waals surface area contributed by atoms with Crippen LogP contribution in [0.15, 0.2) is 12.7 Å². The van der Waals surface area contributed by atoms with Crippen LogP contribution in [0.4, 0.5) is 0 Å². The number of hydrogen-bond donors (Lipinski definition) is 1. The zero-order valence-corrected chi connectivity index (χ0v) is 21.9. The van der Waals surface area contributed by atoms with Gasteiger partial charge in [0.25, 0.3) is 0 Å². The van der Waals surface area contributed by atoms with Crippen molar-refractivity contribution in [2.24, 2.45) is 50.7 Å². The van der Waals surface area contributed by atoms with Crippen molar-refractivity contribution in [1.82, 2.24) is 0 Å². The van der Waals surface area contributed by atoms with Crippen molar-refractivity contribution < 1.29 is 5.11 Å². The molecule has 0 spiro atoms. The highest BCUT2D eigenvalue weighted by molar-refractivity contribution is 5.18. The maximum atomic E-state index is 10.8. The number of aliphatic hydroxyl groups is 1.